The van der Waals surface area contributed by atoms with E-state index >= 15 is 0 Å². The van der Waals surface area contributed by atoms with Crippen LogP contribution in [0.5, 0.6) is 0 Å². The second-order valence-corrected chi connectivity index (χ2v) is 9.13. The van der Waals surface area contributed by atoms with Gasteiger partial charge in [0.15, 0.2) is 0 Å². The van der Waals surface area contributed by atoms with E-state index in [9.17, 15) is 9.90 Å². The molecule has 6 atom stereocenters. The lowest BCUT2D eigenvalue weighted by molar-refractivity contribution is -0.173. The van der Waals surface area contributed by atoms with Crippen molar-refractivity contribution in [2.45, 2.75) is 90.3 Å². The first-order valence-corrected chi connectivity index (χ1v) is 9.75. The van der Waals surface area contributed by atoms with Crippen molar-refractivity contribution in [3.63, 3.8) is 0 Å². The molecule has 3 aliphatic carbocycles. The number of esters is 1. The minimum absolute atomic E-state index is 0.0106. The maximum Gasteiger partial charge on any atom is 0.309 e. The van der Waals surface area contributed by atoms with Crippen molar-refractivity contribution in [1.29, 1.82) is 0 Å². The topological polar surface area (TPSA) is 46.5 Å². The van der Waals surface area contributed by atoms with Gasteiger partial charge in [-0.1, -0.05) is 27.7 Å². The predicted octanol–water partition coefficient (Wildman–Crippen LogP) is 4.32. The molecule has 3 aliphatic rings. The van der Waals surface area contributed by atoms with Gasteiger partial charge in [0, 0.05) is 6.42 Å². The Morgan fingerprint density at radius 1 is 1.22 bits per heavy atom. The first-order valence-electron chi connectivity index (χ1n) is 9.75. The van der Waals surface area contributed by atoms with Gasteiger partial charge in [-0.05, 0) is 68.6 Å². The number of fused-ring (bicyclic) bond motifs is 1. The molecule has 2 bridgehead atoms. The van der Waals surface area contributed by atoms with E-state index in [2.05, 4.69) is 27.7 Å². The molecule has 3 rings (SSSR count). The van der Waals surface area contributed by atoms with E-state index in [1.165, 1.54) is 6.42 Å². The first-order chi connectivity index (χ1) is 10.8. The van der Waals surface area contributed by atoms with E-state index in [1.807, 2.05) is 0 Å². The fraction of sp³-hybridized carbons (Fsp3) is 0.950. The number of aliphatic hydroxyl groups is 1. The molecular weight excluding hydrogens is 288 g/mol. The van der Waals surface area contributed by atoms with Gasteiger partial charge in [-0.25, -0.2) is 0 Å². The molecule has 3 heteroatoms. The second kappa shape index (κ2) is 6.06. The molecule has 3 nitrogen and oxygen atoms in total. The van der Waals surface area contributed by atoms with Crippen molar-refractivity contribution in [3.8, 4) is 0 Å². The Morgan fingerprint density at radius 2 is 1.91 bits per heavy atom. The molecule has 0 amide bonds. The summed E-state index contributed by atoms with van der Waals surface area (Å²) in [6.45, 7) is 8.47. The minimum atomic E-state index is -0.634. The molecule has 0 aliphatic heterocycles. The Bertz CT molecular complexity index is 460. The van der Waals surface area contributed by atoms with Crippen molar-refractivity contribution < 1.29 is 14.6 Å². The third kappa shape index (κ3) is 3.18. The van der Waals surface area contributed by atoms with Crippen LogP contribution in [0.3, 0.4) is 0 Å². The van der Waals surface area contributed by atoms with Gasteiger partial charge < -0.3 is 9.84 Å². The highest BCUT2D eigenvalue weighted by molar-refractivity contribution is 5.73. The van der Waals surface area contributed by atoms with Gasteiger partial charge in [-0.3, -0.25) is 4.79 Å². The Hall–Kier alpha value is -0.570. The summed E-state index contributed by atoms with van der Waals surface area (Å²) in [6, 6.07) is 0. The van der Waals surface area contributed by atoms with E-state index in [4.69, 9.17) is 4.74 Å². The summed E-state index contributed by atoms with van der Waals surface area (Å²) >= 11 is 0. The smallest absolute Gasteiger partial charge is 0.309 e. The van der Waals surface area contributed by atoms with Crippen LogP contribution in [0.1, 0.15) is 79.1 Å². The molecule has 23 heavy (non-hydrogen) atoms. The van der Waals surface area contributed by atoms with Crippen LogP contribution in [0.2, 0.25) is 0 Å². The molecule has 0 radical (unpaired) electrons. The average Bonchev–Trinajstić information content (AvgIpc) is 2.69. The zero-order chi connectivity index (χ0) is 16.8. The lowest BCUT2D eigenvalue weighted by Gasteiger charge is -2.46. The highest BCUT2D eigenvalue weighted by Gasteiger charge is 2.61. The zero-order valence-electron chi connectivity index (χ0n) is 15.3. The number of carbonyl (C=O) groups excluding carboxylic acids is 1. The third-order valence-corrected chi connectivity index (χ3v) is 6.91. The molecule has 0 aromatic carbocycles. The number of hydrogen-bond acceptors (Lipinski definition) is 3. The summed E-state index contributed by atoms with van der Waals surface area (Å²) in [7, 11) is 0. The summed E-state index contributed by atoms with van der Waals surface area (Å²) in [5.74, 6) is 2.59. The van der Waals surface area contributed by atoms with Crippen LogP contribution in [-0.2, 0) is 9.53 Å². The van der Waals surface area contributed by atoms with Crippen molar-refractivity contribution in [3.05, 3.63) is 0 Å². The van der Waals surface area contributed by atoms with E-state index in [0.717, 1.165) is 44.4 Å². The number of carbonyl (C=O) groups is 1. The summed E-state index contributed by atoms with van der Waals surface area (Å²) in [4.78, 5) is 12.8. The molecule has 6 unspecified atom stereocenters. The molecule has 0 aromatic rings. The van der Waals surface area contributed by atoms with Gasteiger partial charge >= 0.3 is 5.97 Å². The van der Waals surface area contributed by atoms with Crippen LogP contribution in [0.25, 0.3) is 0 Å². The van der Waals surface area contributed by atoms with E-state index < -0.39 is 5.60 Å². The predicted molar refractivity (Wildman–Crippen MR) is 90.9 cm³/mol. The Morgan fingerprint density at radius 3 is 2.52 bits per heavy atom. The van der Waals surface area contributed by atoms with Crippen LogP contribution in [0.4, 0.5) is 0 Å². The molecule has 0 aromatic heterocycles. The standard InChI is InChI=1S/C20H34O3/c1-5-14(7-13(3)4)18(21)23-20-10-16-8-15(17(16)11-20)9-19(22,6-2)12-20/h13-17,22H,5-12H2,1-4H3. The van der Waals surface area contributed by atoms with Crippen molar-refractivity contribution >= 4 is 5.97 Å². The molecule has 132 valence electrons. The Labute approximate surface area is 141 Å². The van der Waals surface area contributed by atoms with Gasteiger partial charge in [-0.2, -0.15) is 0 Å². The van der Waals surface area contributed by atoms with Crippen LogP contribution in [-0.4, -0.2) is 22.3 Å². The van der Waals surface area contributed by atoms with Gasteiger partial charge in [-0.15, -0.1) is 0 Å². The lowest BCUT2D eigenvalue weighted by Crippen LogP contribution is -2.46. The molecule has 1 N–H and O–H groups in total. The number of hydrogen-bond donors (Lipinski definition) is 1. The van der Waals surface area contributed by atoms with E-state index in [0.29, 0.717) is 24.2 Å². The highest BCUT2D eigenvalue weighted by atomic mass is 16.6. The SMILES string of the molecule is CCC(CC(C)C)C(=O)OC12CC3CC(CC(O)(CC)C1)C3C2. The fourth-order valence-electron chi connectivity index (χ4n) is 5.71. The van der Waals surface area contributed by atoms with Crippen LogP contribution >= 0.6 is 0 Å². The first kappa shape index (κ1) is 17.3. The van der Waals surface area contributed by atoms with Crippen molar-refractivity contribution in [2.24, 2.45) is 29.6 Å². The molecule has 3 saturated carbocycles. The second-order valence-electron chi connectivity index (χ2n) is 9.13. The van der Waals surface area contributed by atoms with Gasteiger partial charge in [0.1, 0.15) is 5.60 Å². The monoisotopic (exact) mass is 322 g/mol. The number of ether oxygens (including phenoxy) is 1. The van der Waals surface area contributed by atoms with Crippen LogP contribution in [0.15, 0.2) is 0 Å². The lowest BCUT2D eigenvalue weighted by atomic mass is 9.62. The summed E-state index contributed by atoms with van der Waals surface area (Å²) in [5.41, 5.74) is -1.02. The summed E-state index contributed by atoms with van der Waals surface area (Å²) < 4.78 is 6.20. The normalized spacial score (nSPS) is 43.0. The Kier molecular flexibility index (Phi) is 4.54. The van der Waals surface area contributed by atoms with Crippen molar-refractivity contribution in [1.82, 2.24) is 0 Å². The van der Waals surface area contributed by atoms with Crippen LogP contribution < -0.4 is 0 Å². The summed E-state index contributed by atoms with van der Waals surface area (Å²) in [6.07, 6.45) is 7.30. The van der Waals surface area contributed by atoms with Gasteiger partial charge in [0.2, 0.25) is 0 Å². The molecular formula is C20H34O3. The van der Waals surface area contributed by atoms with E-state index in [-0.39, 0.29) is 17.5 Å². The maximum absolute atomic E-state index is 12.8. The quantitative estimate of drug-likeness (QED) is 0.741. The minimum Gasteiger partial charge on any atom is -0.459 e. The average molecular weight is 322 g/mol. The highest BCUT2D eigenvalue weighted by Crippen LogP contribution is 2.63. The molecule has 0 heterocycles. The maximum atomic E-state index is 12.8. The number of rotatable bonds is 6. The fourth-order valence-corrected chi connectivity index (χ4v) is 5.71. The molecule has 3 fully saturated rings. The molecule has 0 spiro atoms. The van der Waals surface area contributed by atoms with Crippen molar-refractivity contribution in [2.75, 3.05) is 0 Å². The van der Waals surface area contributed by atoms with Gasteiger partial charge in [0.05, 0.1) is 11.5 Å². The summed E-state index contributed by atoms with van der Waals surface area (Å²) in [5, 5.41) is 11.0. The van der Waals surface area contributed by atoms with Gasteiger partial charge in [0.25, 0.3) is 0 Å². The zero-order valence-corrected chi connectivity index (χ0v) is 15.3. The molecule has 0 saturated heterocycles. The largest absolute Gasteiger partial charge is 0.459 e. The van der Waals surface area contributed by atoms with E-state index in [1.54, 1.807) is 0 Å². The Balaban J connectivity index is 1.75. The third-order valence-electron chi connectivity index (χ3n) is 6.91. The van der Waals surface area contributed by atoms with Crippen LogP contribution in [0, 0.1) is 29.6 Å².